The van der Waals surface area contributed by atoms with Gasteiger partial charge in [0.1, 0.15) is 11.9 Å². The van der Waals surface area contributed by atoms with Crippen LogP contribution in [0.25, 0.3) is 0 Å². The zero-order valence-corrected chi connectivity index (χ0v) is 11.3. The number of aliphatic hydroxyl groups is 1. The van der Waals surface area contributed by atoms with Gasteiger partial charge in [0, 0.05) is 11.8 Å². The minimum absolute atomic E-state index is 0.590. The molecule has 0 aliphatic carbocycles. The third kappa shape index (κ3) is 3.12. The summed E-state index contributed by atoms with van der Waals surface area (Å²) in [4.78, 5) is 4.12. The van der Waals surface area contributed by atoms with E-state index in [1.807, 2.05) is 37.3 Å². The molecule has 1 N–H and O–H groups in total. The van der Waals surface area contributed by atoms with Crippen LogP contribution in [0.2, 0.25) is 0 Å². The van der Waals surface area contributed by atoms with E-state index in [2.05, 4.69) is 11.9 Å². The van der Waals surface area contributed by atoms with Crippen molar-refractivity contribution in [1.29, 1.82) is 0 Å². The van der Waals surface area contributed by atoms with E-state index in [1.54, 1.807) is 12.4 Å². The standard InChI is InChI=1S/C16H19NO2/c1-3-12-7-5-6-8-15(12)16(18)13-9-14(19-4-2)11-17-10-13/h5-11,16,18H,3-4H2,1-2H3. The Morgan fingerprint density at radius 2 is 2.00 bits per heavy atom. The van der Waals surface area contributed by atoms with E-state index in [9.17, 15) is 5.11 Å². The molecule has 1 aromatic carbocycles. The number of nitrogens with zero attached hydrogens (tertiary/aromatic N) is 1. The fourth-order valence-electron chi connectivity index (χ4n) is 2.13. The number of aliphatic hydroxyl groups excluding tert-OH is 1. The summed E-state index contributed by atoms with van der Waals surface area (Å²) in [6, 6.07) is 9.77. The predicted octanol–water partition coefficient (Wildman–Crippen LogP) is 3.12. The number of rotatable bonds is 5. The SMILES string of the molecule is CCOc1cncc(C(O)c2ccccc2CC)c1. The van der Waals surface area contributed by atoms with Crippen molar-refractivity contribution in [2.24, 2.45) is 0 Å². The highest BCUT2D eigenvalue weighted by Gasteiger charge is 2.14. The van der Waals surface area contributed by atoms with Crippen molar-refractivity contribution < 1.29 is 9.84 Å². The van der Waals surface area contributed by atoms with Crippen molar-refractivity contribution in [3.63, 3.8) is 0 Å². The molecule has 1 heterocycles. The summed E-state index contributed by atoms with van der Waals surface area (Å²) >= 11 is 0. The molecule has 0 aliphatic rings. The monoisotopic (exact) mass is 257 g/mol. The van der Waals surface area contributed by atoms with E-state index in [-0.39, 0.29) is 0 Å². The second kappa shape index (κ2) is 6.34. The molecule has 1 atom stereocenters. The van der Waals surface area contributed by atoms with Crippen LogP contribution < -0.4 is 4.74 Å². The summed E-state index contributed by atoms with van der Waals surface area (Å²) in [5, 5.41) is 10.5. The van der Waals surface area contributed by atoms with Crippen LogP contribution in [0.4, 0.5) is 0 Å². The third-order valence-electron chi connectivity index (χ3n) is 3.09. The first-order valence-electron chi connectivity index (χ1n) is 6.59. The second-order valence-corrected chi connectivity index (χ2v) is 4.34. The topological polar surface area (TPSA) is 42.4 Å². The van der Waals surface area contributed by atoms with Gasteiger partial charge in [-0.05, 0) is 30.5 Å². The van der Waals surface area contributed by atoms with Crippen molar-refractivity contribution in [3.8, 4) is 5.75 Å². The molecule has 100 valence electrons. The summed E-state index contributed by atoms with van der Waals surface area (Å²) < 4.78 is 5.42. The highest BCUT2D eigenvalue weighted by molar-refractivity contribution is 5.37. The van der Waals surface area contributed by atoms with E-state index in [1.165, 1.54) is 0 Å². The molecule has 0 spiro atoms. The Hall–Kier alpha value is -1.87. The van der Waals surface area contributed by atoms with E-state index >= 15 is 0 Å². The largest absolute Gasteiger partial charge is 0.492 e. The first kappa shape index (κ1) is 13.6. The lowest BCUT2D eigenvalue weighted by atomic mass is 9.96. The lowest BCUT2D eigenvalue weighted by Gasteiger charge is -2.15. The minimum Gasteiger partial charge on any atom is -0.492 e. The van der Waals surface area contributed by atoms with Crippen LogP contribution in [0.1, 0.15) is 36.6 Å². The molecular formula is C16H19NO2. The maximum absolute atomic E-state index is 10.5. The molecule has 0 saturated carbocycles. The third-order valence-corrected chi connectivity index (χ3v) is 3.09. The maximum Gasteiger partial charge on any atom is 0.137 e. The van der Waals surface area contributed by atoms with Crippen LogP contribution in [0.5, 0.6) is 5.75 Å². The van der Waals surface area contributed by atoms with Gasteiger partial charge in [-0.15, -0.1) is 0 Å². The molecule has 0 fully saturated rings. The molecule has 0 aliphatic heterocycles. The summed E-state index contributed by atoms with van der Waals surface area (Å²) in [5.41, 5.74) is 2.84. The van der Waals surface area contributed by atoms with Crippen LogP contribution in [0.15, 0.2) is 42.7 Å². The fraction of sp³-hybridized carbons (Fsp3) is 0.312. The lowest BCUT2D eigenvalue weighted by Crippen LogP contribution is -2.04. The van der Waals surface area contributed by atoms with Crippen molar-refractivity contribution in [3.05, 3.63) is 59.4 Å². The van der Waals surface area contributed by atoms with Gasteiger partial charge in [-0.25, -0.2) is 0 Å². The highest BCUT2D eigenvalue weighted by atomic mass is 16.5. The van der Waals surface area contributed by atoms with Gasteiger partial charge in [0.05, 0.1) is 12.8 Å². The molecule has 3 heteroatoms. The summed E-state index contributed by atoms with van der Waals surface area (Å²) in [5.74, 6) is 0.688. The Bertz CT molecular complexity index is 540. The van der Waals surface area contributed by atoms with E-state index in [4.69, 9.17) is 4.74 Å². The number of pyridine rings is 1. The van der Waals surface area contributed by atoms with Crippen molar-refractivity contribution >= 4 is 0 Å². The number of hydrogen-bond donors (Lipinski definition) is 1. The molecule has 3 nitrogen and oxygen atoms in total. The normalized spacial score (nSPS) is 12.2. The molecule has 19 heavy (non-hydrogen) atoms. The molecule has 0 bridgehead atoms. The number of hydrogen-bond acceptors (Lipinski definition) is 3. The maximum atomic E-state index is 10.5. The van der Waals surface area contributed by atoms with Gasteiger partial charge in [-0.1, -0.05) is 31.2 Å². The van der Waals surface area contributed by atoms with Gasteiger partial charge < -0.3 is 9.84 Å². The quantitative estimate of drug-likeness (QED) is 0.894. The van der Waals surface area contributed by atoms with Crippen LogP contribution in [0, 0.1) is 0 Å². The molecule has 2 aromatic rings. The van der Waals surface area contributed by atoms with Crippen molar-refractivity contribution in [2.75, 3.05) is 6.61 Å². The Morgan fingerprint density at radius 1 is 1.21 bits per heavy atom. The van der Waals surface area contributed by atoms with E-state index in [0.717, 1.165) is 23.1 Å². The number of aryl methyl sites for hydroxylation is 1. The first-order valence-corrected chi connectivity index (χ1v) is 6.59. The molecule has 2 rings (SSSR count). The second-order valence-electron chi connectivity index (χ2n) is 4.34. The minimum atomic E-state index is -0.663. The van der Waals surface area contributed by atoms with Crippen LogP contribution in [-0.2, 0) is 6.42 Å². The Labute approximate surface area is 113 Å². The zero-order valence-electron chi connectivity index (χ0n) is 11.3. The highest BCUT2D eigenvalue weighted by Crippen LogP contribution is 2.26. The van der Waals surface area contributed by atoms with E-state index < -0.39 is 6.10 Å². The Kier molecular flexibility index (Phi) is 4.53. The van der Waals surface area contributed by atoms with Crippen LogP contribution in [-0.4, -0.2) is 16.7 Å². The van der Waals surface area contributed by atoms with Gasteiger partial charge in [0.2, 0.25) is 0 Å². The number of benzene rings is 1. The van der Waals surface area contributed by atoms with Crippen LogP contribution in [0.3, 0.4) is 0 Å². The van der Waals surface area contributed by atoms with Crippen molar-refractivity contribution in [2.45, 2.75) is 26.4 Å². The van der Waals surface area contributed by atoms with Gasteiger partial charge in [-0.2, -0.15) is 0 Å². The van der Waals surface area contributed by atoms with E-state index in [0.29, 0.717) is 12.4 Å². The summed E-state index contributed by atoms with van der Waals surface area (Å²) in [6.07, 6.45) is 3.57. The molecule has 0 radical (unpaired) electrons. The number of aromatic nitrogens is 1. The first-order chi connectivity index (χ1) is 9.26. The molecule has 0 saturated heterocycles. The average Bonchev–Trinajstić information content (AvgIpc) is 2.47. The van der Waals surface area contributed by atoms with Crippen LogP contribution >= 0.6 is 0 Å². The Morgan fingerprint density at radius 3 is 2.74 bits per heavy atom. The Balaban J connectivity index is 2.32. The van der Waals surface area contributed by atoms with Gasteiger partial charge in [0.25, 0.3) is 0 Å². The van der Waals surface area contributed by atoms with Gasteiger partial charge in [0.15, 0.2) is 0 Å². The summed E-state index contributed by atoms with van der Waals surface area (Å²) in [7, 11) is 0. The molecule has 1 aromatic heterocycles. The predicted molar refractivity (Wildman–Crippen MR) is 75.3 cm³/mol. The average molecular weight is 257 g/mol. The molecule has 1 unspecified atom stereocenters. The fourth-order valence-corrected chi connectivity index (χ4v) is 2.13. The summed E-state index contributed by atoms with van der Waals surface area (Å²) in [6.45, 7) is 4.60. The molecular weight excluding hydrogens is 238 g/mol. The van der Waals surface area contributed by atoms with Crippen molar-refractivity contribution in [1.82, 2.24) is 4.98 Å². The smallest absolute Gasteiger partial charge is 0.137 e. The zero-order chi connectivity index (χ0) is 13.7. The van der Waals surface area contributed by atoms with Gasteiger partial charge >= 0.3 is 0 Å². The van der Waals surface area contributed by atoms with Gasteiger partial charge in [-0.3, -0.25) is 4.98 Å². The number of ether oxygens (including phenoxy) is 1. The molecule has 0 amide bonds. The lowest BCUT2D eigenvalue weighted by molar-refractivity contribution is 0.218.